The number of anilines is 2. The number of carbonyl (C=O) groups excluding carboxylic acids is 1. The van der Waals surface area contributed by atoms with Crippen molar-refractivity contribution in [3.8, 4) is 34.3 Å². The van der Waals surface area contributed by atoms with Crippen molar-refractivity contribution in [1.29, 1.82) is 0 Å². The van der Waals surface area contributed by atoms with Crippen LogP contribution in [0.2, 0.25) is 0 Å². The maximum atomic E-state index is 14.6. The third-order valence-electron chi connectivity index (χ3n) is 9.83. The van der Waals surface area contributed by atoms with Gasteiger partial charge in [0.05, 0.1) is 28.2 Å². The highest BCUT2D eigenvalue weighted by Gasteiger charge is 2.29. The first-order chi connectivity index (χ1) is 27.1. The van der Waals surface area contributed by atoms with E-state index >= 15 is 0 Å². The van der Waals surface area contributed by atoms with Gasteiger partial charge in [0.1, 0.15) is 40.4 Å². The number of nitrogens with one attached hydrogen (secondary N) is 1. The van der Waals surface area contributed by atoms with Gasteiger partial charge in [0.2, 0.25) is 0 Å². The van der Waals surface area contributed by atoms with Crippen LogP contribution in [0.15, 0.2) is 72.8 Å². The van der Waals surface area contributed by atoms with E-state index in [-0.39, 0.29) is 46.4 Å². The molecule has 4 heterocycles. The average Bonchev–Trinajstić information content (AvgIpc) is 3.79. The van der Waals surface area contributed by atoms with E-state index in [1.807, 2.05) is 75.9 Å². The minimum atomic E-state index is -0.589. The fourth-order valence-corrected chi connectivity index (χ4v) is 7.14. The zero-order valence-electron chi connectivity index (χ0n) is 32.6. The Morgan fingerprint density at radius 1 is 0.754 bits per heavy atom. The highest BCUT2D eigenvalue weighted by atomic mass is 19.1. The molecule has 4 aromatic carbocycles. The number of amides is 1. The van der Waals surface area contributed by atoms with Gasteiger partial charge in [-0.1, -0.05) is 24.3 Å². The van der Waals surface area contributed by atoms with Crippen LogP contribution in [0.25, 0.3) is 44.6 Å². The molecule has 57 heavy (non-hydrogen) atoms. The second kappa shape index (κ2) is 15.8. The zero-order chi connectivity index (χ0) is 40.6. The van der Waals surface area contributed by atoms with Gasteiger partial charge in [-0.05, 0) is 107 Å². The number of fused-ring (bicyclic) bond motifs is 2. The van der Waals surface area contributed by atoms with Crippen molar-refractivity contribution in [3.63, 3.8) is 0 Å². The lowest BCUT2D eigenvalue weighted by Gasteiger charge is -2.23. The van der Waals surface area contributed by atoms with Gasteiger partial charge in [-0.2, -0.15) is 0 Å². The average molecular weight is 777 g/mol. The maximum Gasteiger partial charge on any atom is 0.407 e. The molecule has 0 saturated carbocycles. The summed E-state index contributed by atoms with van der Waals surface area (Å²) in [4.78, 5) is 34.6. The van der Waals surface area contributed by atoms with Crippen molar-refractivity contribution < 1.29 is 28.5 Å². The number of rotatable bonds is 5. The lowest BCUT2D eigenvalue weighted by atomic mass is 10.1. The Labute approximate surface area is 329 Å². The number of nitrogens with two attached hydrogens (primary N) is 1. The van der Waals surface area contributed by atoms with Gasteiger partial charge in [-0.15, -0.1) is 0 Å². The normalized spacial score (nSPS) is 16.8. The monoisotopic (exact) mass is 776 g/mol. The molecule has 2 atom stereocenters. The molecule has 2 aliphatic rings. The summed E-state index contributed by atoms with van der Waals surface area (Å²) in [6.07, 6.45) is 1.15. The van der Waals surface area contributed by atoms with E-state index in [0.29, 0.717) is 31.0 Å². The van der Waals surface area contributed by atoms with Gasteiger partial charge in [-0.25, -0.2) is 33.5 Å². The van der Waals surface area contributed by atoms with Crippen molar-refractivity contribution in [2.45, 2.75) is 65.1 Å². The molecule has 0 radical (unpaired) electrons. The van der Waals surface area contributed by atoms with Gasteiger partial charge in [0.25, 0.3) is 0 Å². The SMILES string of the molecule is Cc1ccc2c(N3CC[C@@H](N)C3)nc(-c3c(O)cccc3F)nc2c1.Cc1ccc2c(N3CC[C@@H](NC(=O)OC(C)(C)C)C3)nc(-c3c(O)cccc3F)nc2c1. The fraction of sp³-hybridized carbons (Fsp3) is 0.326. The summed E-state index contributed by atoms with van der Waals surface area (Å²) >= 11 is 0. The predicted octanol–water partition coefficient (Wildman–Crippen LogP) is 7.54. The summed E-state index contributed by atoms with van der Waals surface area (Å²) < 4.78 is 34.2. The molecule has 0 aliphatic carbocycles. The summed E-state index contributed by atoms with van der Waals surface area (Å²) in [5.41, 5.74) is 8.92. The minimum absolute atomic E-state index is 0.0238. The van der Waals surface area contributed by atoms with E-state index in [0.717, 1.165) is 52.6 Å². The number of phenolic OH excluding ortho intramolecular Hbond substituents is 2. The molecule has 0 spiro atoms. The maximum absolute atomic E-state index is 14.6. The molecule has 1 amide bonds. The van der Waals surface area contributed by atoms with Crippen LogP contribution in [0.3, 0.4) is 0 Å². The van der Waals surface area contributed by atoms with Gasteiger partial charge in [-0.3, -0.25) is 0 Å². The Balaban J connectivity index is 0.000000179. The number of hydrogen-bond donors (Lipinski definition) is 4. The van der Waals surface area contributed by atoms with Crippen LogP contribution in [-0.2, 0) is 4.74 Å². The highest BCUT2D eigenvalue weighted by Crippen LogP contribution is 2.36. The number of hydrogen-bond acceptors (Lipinski definition) is 11. The summed E-state index contributed by atoms with van der Waals surface area (Å²) in [5, 5.41) is 25.0. The number of halogens is 2. The number of benzene rings is 4. The van der Waals surface area contributed by atoms with Crippen molar-refractivity contribution in [1.82, 2.24) is 25.3 Å². The number of phenols is 2. The van der Waals surface area contributed by atoms with Crippen LogP contribution >= 0.6 is 0 Å². The van der Waals surface area contributed by atoms with Crippen molar-refractivity contribution >= 4 is 39.5 Å². The molecule has 2 aliphatic heterocycles. The van der Waals surface area contributed by atoms with Crippen LogP contribution < -0.4 is 20.9 Å². The van der Waals surface area contributed by atoms with Gasteiger partial charge < -0.3 is 35.8 Å². The van der Waals surface area contributed by atoms with Crippen molar-refractivity contribution in [2.24, 2.45) is 5.73 Å². The number of carbonyl (C=O) groups is 1. The number of aromatic hydroxyl groups is 2. The molecule has 2 aromatic heterocycles. The summed E-state index contributed by atoms with van der Waals surface area (Å²) in [5.74, 6) is 0.160. The first kappa shape index (κ1) is 39.1. The van der Waals surface area contributed by atoms with Crippen molar-refractivity contribution in [2.75, 3.05) is 36.0 Å². The quantitative estimate of drug-likeness (QED) is 0.137. The van der Waals surface area contributed by atoms with E-state index < -0.39 is 23.3 Å². The Hall–Kier alpha value is -6.15. The van der Waals surface area contributed by atoms with Crippen LogP contribution in [0, 0.1) is 25.5 Å². The Morgan fingerprint density at radius 3 is 1.70 bits per heavy atom. The number of nitrogens with zero attached hydrogens (tertiary/aromatic N) is 6. The molecule has 5 N–H and O–H groups in total. The molecule has 8 rings (SSSR count). The van der Waals surface area contributed by atoms with Crippen LogP contribution in [0.5, 0.6) is 11.5 Å². The van der Waals surface area contributed by atoms with Crippen molar-refractivity contribution in [3.05, 3.63) is 95.6 Å². The molecule has 296 valence electrons. The Morgan fingerprint density at radius 2 is 1.25 bits per heavy atom. The van der Waals surface area contributed by atoms with Crippen LogP contribution in [0.1, 0.15) is 44.7 Å². The van der Waals surface area contributed by atoms with Gasteiger partial charge in [0, 0.05) is 43.0 Å². The first-order valence-corrected chi connectivity index (χ1v) is 18.9. The lowest BCUT2D eigenvalue weighted by Crippen LogP contribution is -2.40. The number of ether oxygens (including phenoxy) is 1. The largest absolute Gasteiger partial charge is 0.507 e. The zero-order valence-corrected chi connectivity index (χ0v) is 32.6. The van der Waals surface area contributed by atoms with E-state index in [1.165, 1.54) is 36.4 Å². The topological polar surface area (TPSA) is 163 Å². The van der Waals surface area contributed by atoms with E-state index in [2.05, 4.69) is 30.2 Å². The van der Waals surface area contributed by atoms with Crippen LogP contribution in [-0.4, -0.2) is 80.1 Å². The van der Waals surface area contributed by atoms with Crippen LogP contribution in [0.4, 0.5) is 25.2 Å². The summed E-state index contributed by atoms with van der Waals surface area (Å²) in [6.45, 7) is 12.1. The number of aromatic nitrogens is 4. The lowest BCUT2D eigenvalue weighted by molar-refractivity contribution is 0.0509. The summed E-state index contributed by atoms with van der Waals surface area (Å²) in [6, 6.07) is 20.1. The molecule has 12 nitrogen and oxygen atoms in total. The Bertz CT molecular complexity index is 2440. The second-order valence-electron chi connectivity index (χ2n) is 15.6. The smallest absolute Gasteiger partial charge is 0.407 e. The third-order valence-corrected chi connectivity index (χ3v) is 9.83. The fourth-order valence-electron chi connectivity index (χ4n) is 7.14. The van der Waals surface area contributed by atoms with E-state index in [4.69, 9.17) is 10.5 Å². The summed E-state index contributed by atoms with van der Waals surface area (Å²) in [7, 11) is 0. The highest BCUT2D eigenvalue weighted by molar-refractivity contribution is 5.93. The molecule has 0 bridgehead atoms. The molecule has 2 fully saturated rings. The number of aryl methyl sites for hydroxylation is 2. The standard InChI is InChI=1S/C24H27FN4O3.C19H19FN4O/c1-14-8-9-16-18(12-14)27-21(20-17(25)6-5-7-19(20)30)28-22(16)29-11-10-15(13-29)26-23(31)32-24(2,3)4;1-11-5-6-13-15(9-11)22-18(17-14(20)3-2-4-16(17)25)23-19(13)24-8-7-12(21)10-24/h5-9,12,15,30H,10-11,13H2,1-4H3,(H,26,31);2-6,9,12,25H,7-8,10,21H2,1H3/t15-;12-/m11/s1. The van der Waals surface area contributed by atoms with Gasteiger partial charge in [0.15, 0.2) is 11.6 Å². The van der Waals surface area contributed by atoms with E-state index in [1.54, 1.807) is 0 Å². The van der Waals surface area contributed by atoms with Gasteiger partial charge >= 0.3 is 6.09 Å². The minimum Gasteiger partial charge on any atom is -0.507 e. The first-order valence-electron chi connectivity index (χ1n) is 18.9. The molecular weight excluding hydrogens is 731 g/mol. The molecule has 6 aromatic rings. The number of alkyl carbamates (subject to hydrolysis) is 1. The predicted molar refractivity (Wildman–Crippen MR) is 217 cm³/mol. The molecular formula is C43H46F2N8O4. The van der Waals surface area contributed by atoms with E-state index in [9.17, 15) is 23.8 Å². The molecule has 0 unspecified atom stereocenters. The molecule has 14 heteroatoms. The Kier molecular flexibility index (Phi) is 10.8. The second-order valence-corrected chi connectivity index (χ2v) is 15.6. The third kappa shape index (κ3) is 8.65. The molecule has 2 saturated heterocycles.